The van der Waals surface area contributed by atoms with Crippen LogP contribution in [0.3, 0.4) is 0 Å². The normalized spacial score (nSPS) is 10.5. The topological polar surface area (TPSA) is 0 Å². The van der Waals surface area contributed by atoms with E-state index in [0.29, 0.717) is 0 Å². The molecule has 0 saturated heterocycles. The zero-order valence-corrected chi connectivity index (χ0v) is 8.02. The van der Waals surface area contributed by atoms with Gasteiger partial charge in [0.1, 0.15) is 0 Å². The van der Waals surface area contributed by atoms with Crippen molar-refractivity contribution < 1.29 is 13.2 Å². The van der Waals surface area contributed by atoms with E-state index in [2.05, 4.69) is 0 Å². The molecular weight excluding hydrogens is 164 g/mol. The van der Waals surface area contributed by atoms with Crippen molar-refractivity contribution in [2.75, 3.05) is 0 Å². The number of rotatable bonds is 0. The first kappa shape index (κ1) is 11.0. The minimum Gasteiger partial charge on any atom is -0.166 e. The number of benzene rings is 1. The van der Waals surface area contributed by atoms with Gasteiger partial charge in [0.2, 0.25) is 0 Å². The molecule has 4 heteroatoms. The Labute approximate surface area is 84.7 Å². The maximum absolute atomic E-state index is 11.8. The Morgan fingerprint density at radius 1 is 0.909 bits per heavy atom. The largest absolute Gasteiger partial charge is 0.416 e. The van der Waals surface area contributed by atoms with E-state index in [1.54, 1.807) is 6.07 Å². The molecule has 0 aliphatic carbocycles. The van der Waals surface area contributed by atoms with Gasteiger partial charge < -0.3 is 0 Å². The van der Waals surface area contributed by atoms with Gasteiger partial charge in [-0.1, -0.05) is 30.3 Å². The van der Waals surface area contributed by atoms with Crippen LogP contribution in [0, 0.1) is 0 Å². The van der Waals surface area contributed by atoms with Gasteiger partial charge in [0.25, 0.3) is 0 Å². The van der Waals surface area contributed by atoms with Crippen LogP contribution in [0.4, 0.5) is 13.2 Å². The van der Waals surface area contributed by atoms with E-state index in [1.807, 2.05) is 0 Å². The van der Waals surface area contributed by atoms with Gasteiger partial charge in [-0.25, -0.2) is 0 Å². The van der Waals surface area contributed by atoms with E-state index < -0.39 is 11.7 Å². The van der Waals surface area contributed by atoms with E-state index in [-0.39, 0.29) is 29.6 Å². The molecule has 1 aromatic rings. The van der Waals surface area contributed by atoms with Crippen LogP contribution in [0.5, 0.6) is 0 Å². The van der Waals surface area contributed by atoms with E-state index in [0.717, 1.165) is 12.1 Å². The van der Waals surface area contributed by atoms with Crippen molar-refractivity contribution in [2.45, 2.75) is 6.18 Å². The number of hydrogen-bond donors (Lipinski definition) is 0. The summed E-state index contributed by atoms with van der Waals surface area (Å²) in [4.78, 5) is 0. The third-order valence-corrected chi connectivity index (χ3v) is 1.10. The maximum Gasteiger partial charge on any atom is 0.416 e. The molecule has 1 radical (unpaired) electrons. The van der Waals surface area contributed by atoms with Gasteiger partial charge in [-0.3, -0.25) is 0 Å². The summed E-state index contributed by atoms with van der Waals surface area (Å²) in [7, 11) is 0. The molecule has 0 saturated carbocycles. The molecular formula is C7H5F3Na. The second-order valence-corrected chi connectivity index (χ2v) is 1.86. The maximum atomic E-state index is 11.8. The first-order chi connectivity index (χ1) is 4.61. The van der Waals surface area contributed by atoms with Crippen LogP contribution < -0.4 is 0 Å². The average molecular weight is 169 g/mol. The summed E-state index contributed by atoms with van der Waals surface area (Å²) in [6.45, 7) is 0. The van der Waals surface area contributed by atoms with Crippen molar-refractivity contribution in [3.8, 4) is 0 Å². The molecule has 11 heavy (non-hydrogen) atoms. The van der Waals surface area contributed by atoms with Gasteiger partial charge in [0.05, 0.1) is 5.56 Å². The molecule has 1 aromatic carbocycles. The molecule has 1 rings (SSSR count). The zero-order chi connectivity index (χ0) is 7.61. The summed E-state index contributed by atoms with van der Waals surface area (Å²) < 4.78 is 35.4. The molecule has 55 valence electrons. The molecule has 0 N–H and O–H groups in total. The van der Waals surface area contributed by atoms with Gasteiger partial charge in [-0.15, -0.1) is 0 Å². The second-order valence-electron chi connectivity index (χ2n) is 1.86. The first-order valence-electron chi connectivity index (χ1n) is 2.73. The Balaban J connectivity index is 0.000001000. The Kier molecular flexibility index (Phi) is 4.14. The average Bonchev–Trinajstić information content (AvgIpc) is 1.88. The minimum absolute atomic E-state index is 0. The predicted molar refractivity (Wildman–Crippen MR) is 37.2 cm³/mol. The van der Waals surface area contributed by atoms with Crippen LogP contribution in [-0.2, 0) is 6.18 Å². The quantitative estimate of drug-likeness (QED) is 0.523. The van der Waals surface area contributed by atoms with Gasteiger partial charge >= 0.3 is 6.18 Å². The molecule has 0 aromatic heterocycles. The van der Waals surface area contributed by atoms with E-state index >= 15 is 0 Å². The van der Waals surface area contributed by atoms with Gasteiger partial charge in [0, 0.05) is 29.6 Å². The van der Waals surface area contributed by atoms with Crippen LogP contribution >= 0.6 is 0 Å². The van der Waals surface area contributed by atoms with Gasteiger partial charge in [-0.2, -0.15) is 13.2 Å². The molecule has 0 aliphatic heterocycles. The molecule has 0 spiro atoms. The van der Waals surface area contributed by atoms with E-state index in [9.17, 15) is 13.2 Å². The van der Waals surface area contributed by atoms with Crippen molar-refractivity contribution in [2.24, 2.45) is 0 Å². The molecule has 0 amide bonds. The SMILES string of the molecule is FC(F)(F)c1ccccc1.[Na]. The third kappa shape index (κ3) is 3.27. The molecule has 0 bridgehead atoms. The van der Waals surface area contributed by atoms with Crippen molar-refractivity contribution >= 4 is 29.6 Å². The smallest absolute Gasteiger partial charge is 0.166 e. The van der Waals surface area contributed by atoms with Crippen molar-refractivity contribution in [1.29, 1.82) is 0 Å². The van der Waals surface area contributed by atoms with Crippen LogP contribution in [0.15, 0.2) is 30.3 Å². The fourth-order valence-electron chi connectivity index (χ4n) is 0.627. The van der Waals surface area contributed by atoms with Gasteiger partial charge in [-0.05, 0) is 0 Å². The van der Waals surface area contributed by atoms with Gasteiger partial charge in [0.15, 0.2) is 0 Å². The molecule has 0 nitrogen and oxygen atoms in total. The fourth-order valence-corrected chi connectivity index (χ4v) is 0.627. The Morgan fingerprint density at radius 3 is 1.64 bits per heavy atom. The Bertz CT molecular complexity index is 205. The molecule has 0 fully saturated rings. The monoisotopic (exact) mass is 169 g/mol. The van der Waals surface area contributed by atoms with Crippen molar-refractivity contribution in [3.63, 3.8) is 0 Å². The summed E-state index contributed by atoms with van der Waals surface area (Å²) in [5.41, 5.74) is -0.602. The summed E-state index contributed by atoms with van der Waals surface area (Å²) in [6.07, 6.45) is -4.21. The number of halogens is 3. The van der Waals surface area contributed by atoms with Crippen LogP contribution in [0.2, 0.25) is 0 Å². The summed E-state index contributed by atoms with van der Waals surface area (Å²) in [5.74, 6) is 0. The summed E-state index contributed by atoms with van der Waals surface area (Å²) >= 11 is 0. The molecule has 0 heterocycles. The van der Waals surface area contributed by atoms with Crippen molar-refractivity contribution in [1.82, 2.24) is 0 Å². The molecule has 0 aliphatic rings. The Hall–Kier alpha value is 0.01000. The van der Waals surface area contributed by atoms with E-state index in [4.69, 9.17) is 0 Å². The number of hydrogen-bond acceptors (Lipinski definition) is 0. The van der Waals surface area contributed by atoms with Crippen LogP contribution in [-0.4, -0.2) is 29.6 Å². The predicted octanol–water partition coefficient (Wildman–Crippen LogP) is 2.32. The van der Waals surface area contributed by atoms with Crippen LogP contribution in [0.1, 0.15) is 5.56 Å². The van der Waals surface area contributed by atoms with E-state index in [1.165, 1.54) is 12.1 Å². The fraction of sp³-hybridized carbons (Fsp3) is 0.143. The first-order valence-corrected chi connectivity index (χ1v) is 2.73. The zero-order valence-electron chi connectivity index (χ0n) is 6.02. The van der Waals surface area contributed by atoms with Crippen LogP contribution in [0.25, 0.3) is 0 Å². The standard InChI is InChI=1S/C7H5F3.Na/c8-7(9,10)6-4-2-1-3-5-6;/h1-5H;. The Morgan fingerprint density at radius 2 is 1.36 bits per heavy atom. The molecule has 0 atom stereocenters. The minimum atomic E-state index is -4.21. The number of alkyl halides is 3. The van der Waals surface area contributed by atoms with Crippen molar-refractivity contribution in [3.05, 3.63) is 35.9 Å². The summed E-state index contributed by atoms with van der Waals surface area (Å²) in [6, 6.07) is 6.36. The third-order valence-electron chi connectivity index (χ3n) is 1.10. The molecule has 0 unspecified atom stereocenters. The summed E-state index contributed by atoms with van der Waals surface area (Å²) in [5, 5.41) is 0. The second kappa shape index (κ2) is 4.14.